The van der Waals surface area contributed by atoms with E-state index in [9.17, 15) is 9.59 Å². The molecule has 0 aromatic heterocycles. The van der Waals surface area contributed by atoms with Crippen molar-refractivity contribution in [3.63, 3.8) is 0 Å². The highest BCUT2D eigenvalue weighted by atomic mass is 79.9. The van der Waals surface area contributed by atoms with Crippen LogP contribution in [0.1, 0.15) is 56.3 Å². The summed E-state index contributed by atoms with van der Waals surface area (Å²) in [5.41, 5.74) is -0.432. The van der Waals surface area contributed by atoms with E-state index in [1.165, 1.54) is 14.2 Å². The third-order valence-corrected chi connectivity index (χ3v) is 6.01. The van der Waals surface area contributed by atoms with E-state index in [0.717, 1.165) is 19.3 Å². The molecule has 7 heteroatoms. The van der Waals surface area contributed by atoms with Crippen LogP contribution in [0.2, 0.25) is 0 Å². The van der Waals surface area contributed by atoms with Crippen LogP contribution in [0.5, 0.6) is 11.5 Å². The first-order valence-electron chi connectivity index (χ1n) is 9.45. The molecule has 0 spiro atoms. The third-order valence-electron chi connectivity index (χ3n) is 5.23. The Kier molecular flexibility index (Phi) is 7.53. The van der Waals surface area contributed by atoms with Crippen molar-refractivity contribution in [3.8, 4) is 11.5 Å². The number of ether oxygens (including phenoxy) is 2. The molecule has 0 radical (unpaired) electrons. The summed E-state index contributed by atoms with van der Waals surface area (Å²) in [6.07, 6.45) is 4.28. The number of carbonyl (C=O) groups is 2. The number of carbonyl (C=O) groups excluding carboxylic acids is 2. The van der Waals surface area contributed by atoms with Crippen LogP contribution in [0.25, 0.3) is 0 Å². The van der Waals surface area contributed by atoms with Gasteiger partial charge in [-0.05, 0) is 54.8 Å². The number of hydrogen-bond acceptors (Lipinski definition) is 4. The fraction of sp³-hybridized carbons (Fsp3) is 0.600. The van der Waals surface area contributed by atoms with Gasteiger partial charge in [0.15, 0.2) is 0 Å². The molecule has 1 aliphatic rings. The maximum absolute atomic E-state index is 13.2. The van der Waals surface area contributed by atoms with Gasteiger partial charge in [-0.2, -0.15) is 0 Å². The van der Waals surface area contributed by atoms with Crippen molar-refractivity contribution in [2.45, 2.75) is 51.5 Å². The second-order valence-electron chi connectivity index (χ2n) is 6.77. The molecule has 0 bridgehead atoms. The molecule has 27 heavy (non-hydrogen) atoms. The van der Waals surface area contributed by atoms with Gasteiger partial charge in [0.25, 0.3) is 5.91 Å². The lowest BCUT2D eigenvalue weighted by molar-refractivity contribution is -0.139. The highest BCUT2D eigenvalue weighted by molar-refractivity contribution is 9.10. The normalized spacial score (nSPS) is 15.7. The maximum atomic E-state index is 13.2. The molecule has 6 nitrogen and oxygen atoms in total. The number of likely N-dealkylation sites (N-methyl/N-ethyl adjacent to an activating group) is 1. The van der Waals surface area contributed by atoms with Gasteiger partial charge in [-0.25, -0.2) is 0 Å². The minimum Gasteiger partial charge on any atom is -0.495 e. The zero-order chi connectivity index (χ0) is 20.0. The third kappa shape index (κ3) is 4.57. The van der Waals surface area contributed by atoms with Crippen molar-refractivity contribution in [2.75, 3.05) is 27.3 Å². The van der Waals surface area contributed by atoms with Crippen molar-refractivity contribution in [3.05, 3.63) is 22.2 Å². The van der Waals surface area contributed by atoms with E-state index in [-0.39, 0.29) is 11.8 Å². The number of halogens is 1. The second-order valence-corrected chi connectivity index (χ2v) is 7.56. The Bertz CT molecular complexity index is 658. The Balaban J connectivity index is 2.35. The SMILES string of the molecule is CCN(CC)C(=O)C1(NC(=O)c2cc(OC)c(Br)c(OC)c2)CCCCC1. The minimum absolute atomic E-state index is 0.0107. The Morgan fingerprint density at radius 2 is 1.59 bits per heavy atom. The first-order chi connectivity index (χ1) is 12.9. The molecule has 0 aliphatic heterocycles. The summed E-state index contributed by atoms with van der Waals surface area (Å²) < 4.78 is 11.3. The molecule has 0 saturated heterocycles. The fourth-order valence-electron chi connectivity index (χ4n) is 3.65. The summed E-state index contributed by atoms with van der Waals surface area (Å²) in [6.45, 7) is 5.19. The Labute approximate surface area is 169 Å². The molecule has 1 N–H and O–H groups in total. The zero-order valence-electron chi connectivity index (χ0n) is 16.6. The molecule has 1 aromatic carbocycles. The van der Waals surface area contributed by atoms with E-state index in [1.54, 1.807) is 17.0 Å². The van der Waals surface area contributed by atoms with Gasteiger partial charge < -0.3 is 19.7 Å². The van der Waals surface area contributed by atoms with E-state index in [4.69, 9.17) is 9.47 Å². The molecule has 1 saturated carbocycles. The number of nitrogens with zero attached hydrogens (tertiary/aromatic N) is 1. The van der Waals surface area contributed by atoms with Crippen LogP contribution in [0, 0.1) is 0 Å². The van der Waals surface area contributed by atoms with Crippen LogP contribution in [0.15, 0.2) is 16.6 Å². The summed E-state index contributed by atoms with van der Waals surface area (Å²) in [5, 5.41) is 3.06. The van der Waals surface area contributed by atoms with E-state index >= 15 is 0 Å². The molecule has 150 valence electrons. The van der Waals surface area contributed by atoms with Gasteiger partial charge in [0, 0.05) is 18.7 Å². The number of methoxy groups -OCH3 is 2. The van der Waals surface area contributed by atoms with Crippen molar-refractivity contribution >= 4 is 27.7 Å². The molecule has 1 aromatic rings. The Morgan fingerprint density at radius 1 is 1.07 bits per heavy atom. The van der Waals surface area contributed by atoms with Crippen LogP contribution in [0.4, 0.5) is 0 Å². The second kappa shape index (κ2) is 9.44. The predicted molar refractivity (Wildman–Crippen MR) is 108 cm³/mol. The number of rotatable bonds is 7. The van der Waals surface area contributed by atoms with Gasteiger partial charge in [-0.1, -0.05) is 19.3 Å². The number of amides is 2. The van der Waals surface area contributed by atoms with Crippen molar-refractivity contribution in [1.82, 2.24) is 10.2 Å². The van der Waals surface area contributed by atoms with Crippen LogP contribution in [-0.4, -0.2) is 49.6 Å². The quantitative estimate of drug-likeness (QED) is 0.700. The zero-order valence-corrected chi connectivity index (χ0v) is 18.1. The predicted octanol–water partition coefficient (Wildman–Crippen LogP) is 3.77. The van der Waals surface area contributed by atoms with E-state index in [0.29, 0.717) is 47.5 Å². The molecule has 1 aliphatic carbocycles. The largest absolute Gasteiger partial charge is 0.495 e. The summed E-state index contributed by atoms with van der Waals surface area (Å²) in [6, 6.07) is 3.31. The van der Waals surface area contributed by atoms with Gasteiger partial charge in [-0.3, -0.25) is 9.59 Å². The molecule has 0 heterocycles. The van der Waals surface area contributed by atoms with Crippen LogP contribution < -0.4 is 14.8 Å². The average Bonchev–Trinajstić information content (AvgIpc) is 2.69. The monoisotopic (exact) mass is 440 g/mol. The first kappa shape index (κ1) is 21.5. The minimum atomic E-state index is -0.838. The summed E-state index contributed by atoms with van der Waals surface area (Å²) >= 11 is 3.41. The molecular weight excluding hydrogens is 412 g/mol. The van der Waals surface area contributed by atoms with Gasteiger partial charge >= 0.3 is 0 Å². The average molecular weight is 441 g/mol. The lowest BCUT2D eigenvalue weighted by Gasteiger charge is -2.40. The van der Waals surface area contributed by atoms with E-state index in [2.05, 4.69) is 21.2 Å². The van der Waals surface area contributed by atoms with Gasteiger partial charge in [0.2, 0.25) is 5.91 Å². The van der Waals surface area contributed by atoms with Crippen molar-refractivity contribution in [2.24, 2.45) is 0 Å². The van der Waals surface area contributed by atoms with Crippen LogP contribution in [-0.2, 0) is 4.79 Å². The fourth-order valence-corrected chi connectivity index (χ4v) is 4.20. The summed E-state index contributed by atoms with van der Waals surface area (Å²) in [4.78, 5) is 28.1. The highest BCUT2D eigenvalue weighted by Crippen LogP contribution is 2.36. The van der Waals surface area contributed by atoms with Crippen LogP contribution >= 0.6 is 15.9 Å². The lowest BCUT2D eigenvalue weighted by Crippen LogP contribution is -2.60. The summed E-state index contributed by atoms with van der Waals surface area (Å²) in [5.74, 6) is 0.734. The first-order valence-corrected chi connectivity index (χ1v) is 10.2. The Morgan fingerprint density at radius 3 is 2.04 bits per heavy atom. The topological polar surface area (TPSA) is 67.9 Å². The number of nitrogens with one attached hydrogen (secondary N) is 1. The summed E-state index contributed by atoms with van der Waals surface area (Å²) in [7, 11) is 3.07. The van der Waals surface area contributed by atoms with Crippen LogP contribution in [0.3, 0.4) is 0 Å². The van der Waals surface area contributed by atoms with E-state index in [1.807, 2.05) is 13.8 Å². The number of benzene rings is 1. The van der Waals surface area contributed by atoms with Gasteiger partial charge in [0.05, 0.1) is 14.2 Å². The molecule has 2 rings (SSSR count). The maximum Gasteiger partial charge on any atom is 0.252 e. The van der Waals surface area contributed by atoms with E-state index < -0.39 is 5.54 Å². The molecule has 0 unspecified atom stereocenters. The lowest BCUT2D eigenvalue weighted by atomic mass is 9.80. The molecule has 2 amide bonds. The highest BCUT2D eigenvalue weighted by Gasteiger charge is 2.43. The standard InChI is InChI=1S/C20H29BrN2O4/c1-5-23(6-2)19(25)20(10-8-7-9-11-20)22-18(24)14-12-15(26-3)17(21)16(13-14)27-4/h12-13H,5-11H2,1-4H3,(H,22,24). The van der Waals surface area contributed by atoms with Gasteiger partial charge in [-0.15, -0.1) is 0 Å². The van der Waals surface area contributed by atoms with Crippen molar-refractivity contribution < 1.29 is 19.1 Å². The molecule has 1 fully saturated rings. The molecular formula is C20H29BrN2O4. The molecule has 0 atom stereocenters. The van der Waals surface area contributed by atoms with Crippen molar-refractivity contribution in [1.29, 1.82) is 0 Å². The smallest absolute Gasteiger partial charge is 0.252 e. The Hall–Kier alpha value is -1.76. The number of hydrogen-bond donors (Lipinski definition) is 1. The van der Waals surface area contributed by atoms with Gasteiger partial charge in [0.1, 0.15) is 21.5 Å².